The highest BCUT2D eigenvalue weighted by molar-refractivity contribution is 7.99. The first-order valence-corrected chi connectivity index (χ1v) is 25.3. The Morgan fingerprint density at radius 2 is 0.653 bits per heavy atom. The number of anilines is 6. The van der Waals surface area contributed by atoms with Crippen LogP contribution in [0.1, 0.15) is 0 Å². The van der Waals surface area contributed by atoms with Crippen molar-refractivity contribution in [1.82, 2.24) is 0 Å². The minimum atomic E-state index is 0.847. The van der Waals surface area contributed by atoms with Gasteiger partial charge in [-0.15, -0.1) is 0 Å². The van der Waals surface area contributed by atoms with Crippen molar-refractivity contribution in [2.45, 2.75) is 9.79 Å². The fraction of sp³-hybridized carbons (Fsp3) is 0. The number of hydrogen-bond acceptors (Lipinski definition) is 4. The molecule has 72 heavy (non-hydrogen) atoms. The van der Waals surface area contributed by atoms with Crippen molar-refractivity contribution >= 4 is 67.4 Å². The van der Waals surface area contributed by atoms with Crippen molar-refractivity contribution in [2.75, 3.05) is 9.80 Å². The highest BCUT2D eigenvalue weighted by atomic mass is 32.2. The van der Waals surface area contributed by atoms with Crippen molar-refractivity contribution in [3.63, 3.8) is 0 Å². The van der Waals surface area contributed by atoms with Crippen molar-refractivity contribution in [3.05, 3.63) is 267 Å². The Kier molecular flexibility index (Phi) is 10.1. The van der Waals surface area contributed by atoms with Crippen LogP contribution in [0.2, 0.25) is 0 Å². The maximum atomic E-state index is 6.69. The molecule has 2 heterocycles. The number of benzene rings is 12. The van der Waals surface area contributed by atoms with Crippen molar-refractivity contribution < 1.29 is 4.74 Å². The molecule has 0 aromatic heterocycles. The molecule has 4 heteroatoms. The predicted molar refractivity (Wildman–Crippen MR) is 302 cm³/mol. The molecule has 0 N–H and O–H groups in total. The van der Waals surface area contributed by atoms with Crippen LogP contribution in [0.4, 0.5) is 34.1 Å². The van der Waals surface area contributed by atoms with Gasteiger partial charge in [-0.25, -0.2) is 0 Å². The average molecular weight is 937 g/mol. The van der Waals surface area contributed by atoms with Gasteiger partial charge in [-0.2, -0.15) is 0 Å². The van der Waals surface area contributed by atoms with Gasteiger partial charge in [0.05, 0.1) is 0 Å². The van der Waals surface area contributed by atoms with Crippen LogP contribution in [0, 0.1) is 0 Å². The van der Waals surface area contributed by atoms with Crippen molar-refractivity contribution in [3.8, 4) is 67.1 Å². The third-order valence-electron chi connectivity index (χ3n) is 14.2. The van der Waals surface area contributed by atoms with E-state index in [0.717, 1.165) is 67.7 Å². The Morgan fingerprint density at radius 3 is 1.17 bits per heavy atom. The number of ether oxygens (including phenoxy) is 1. The summed E-state index contributed by atoms with van der Waals surface area (Å²) in [4.78, 5) is 7.26. The first-order valence-electron chi connectivity index (χ1n) is 24.5. The summed E-state index contributed by atoms with van der Waals surface area (Å²) in [6.07, 6.45) is 0. The molecule has 0 fully saturated rings. The van der Waals surface area contributed by atoms with Gasteiger partial charge in [0.15, 0.2) is 0 Å². The second kappa shape index (κ2) is 17.4. The lowest BCUT2D eigenvalue weighted by atomic mass is 9.94. The van der Waals surface area contributed by atoms with Gasteiger partial charge in [0.2, 0.25) is 0 Å². The van der Waals surface area contributed by atoms with Crippen molar-refractivity contribution in [1.29, 1.82) is 0 Å². The van der Waals surface area contributed by atoms with Crippen LogP contribution in [0.15, 0.2) is 277 Å². The van der Waals surface area contributed by atoms with Gasteiger partial charge in [-0.1, -0.05) is 188 Å². The zero-order valence-electron chi connectivity index (χ0n) is 39.1. The molecule has 0 aliphatic carbocycles. The Labute approximate surface area is 423 Å². The summed E-state index contributed by atoms with van der Waals surface area (Å²) < 4.78 is 6.69. The third kappa shape index (κ3) is 7.31. The summed E-state index contributed by atoms with van der Waals surface area (Å²) in [6.45, 7) is 0. The van der Waals surface area contributed by atoms with E-state index in [-0.39, 0.29) is 0 Å². The normalized spacial score (nSPS) is 11.9. The third-order valence-corrected chi connectivity index (χ3v) is 15.4. The van der Waals surface area contributed by atoms with E-state index in [1.165, 1.54) is 64.9 Å². The second-order valence-corrected chi connectivity index (χ2v) is 19.6. The smallest absolute Gasteiger partial charge is 0.137 e. The van der Waals surface area contributed by atoms with Gasteiger partial charge in [0.1, 0.15) is 11.5 Å². The van der Waals surface area contributed by atoms with Gasteiger partial charge >= 0.3 is 0 Å². The highest BCUT2D eigenvalue weighted by Crippen LogP contribution is 2.51. The molecule has 0 radical (unpaired) electrons. The molecule has 14 rings (SSSR count). The van der Waals surface area contributed by atoms with Gasteiger partial charge in [-0.05, 0) is 146 Å². The van der Waals surface area contributed by atoms with Crippen LogP contribution in [-0.4, -0.2) is 0 Å². The van der Waals surface area contributed by atoms with E-state index < -0.39 is 0 Å². The number of fused-ring (bicyclic) bond motifs is 4. The van der Waals surface area contributed by atoms with E-state index >= 15 is 0 Å². The fourth-order valence-corrected chi connectivity index (χ4v) is 11.9. The largest absolute Gasteiger partial charge is 0.456 e. The van der Waals surface area contributed by atoms with Crippen LogP contribution >= 0.6 is 11.8 Å². The zero-order valence-corrected chi connectivity index (χ0v) is 39.9. The molecule has 0 atom stereocenters. The molecule has 0 unspecified atom stereocenters. The monoisotopic (exact) mass is 936 g/mol. The molecule has 12 aromatic carbocycles. The maximum absolute atomic E-state index is 6.69. The molecular formula is C68H44N2OS. The predicted octanol–water partition coefficient (Wildman–Crippen LogP) is 19.8. The summed E-state index contributed by atoms with van der Waals surface area (Å²) in [5.41, 5.74) is 18.3. The van der Waals surface area contributed by atoms with Crippen LogP contribution in [-0.2, 0) is 0 Å². The number of rotatable bonds is 9. The molecule has 0 saturated heterocycles. The first-order chi connectivity index (χ1) is 35.7. The zero-order chi connectivity index (χ0) is 47.5. The van der Waals surface area contributed by atoms with E-state index in [2.05, 4.69) is 277 Å². The second-order valence-electron chi connectivity index (χ2n) is 18.5. The minimum Gasteiger partial charge on any atom is -0.456 e. The average Bonchev–Trinajstić information content (AvgIpc) is 3.45. The fourth-order valence-electron chi connectivity index (χ4n) is 10.8. The lowest BCUT2D eigenvalue weighted by Gasteiger charge is -2.28. The Bertz CT molecular complexity index is 3730. The first kappa shape index (κ1) is 41.8. The van der Waals surface area contributed by atoms with Gasteiger partial charge in [0.25, 0.3) is 0 Å². The summed E-state index contributed by atoms with van der Waals surface area (Å²) in [5, 5.41) is 4.96. The number of hydrogen-bond donors (Lipinski definition) is 0. The van der Waals surface area contributed by atoms with E-state index in [0.29, 0.717) is 0 Å². The quantitative estimate of drug-likeness (QED) is 0.143. The molecule has 2 aliphatic heterocycles. The van der Waals surface area contributed by atoms with Gasteiger partial charge in [0, 0.05) is 66.3 Å². The van der Waals surface area contributed by atoms with Crippen LogP contribution < -0.4 is 14.5 Å². The topological polar surface area (TPSA) is 15.7 Å². The van der Waals surface area contributed by atoms with Crippen molar-refractivity contribution in [2.24, 2.45) is 0 Å². The Hall–Kier alpha value is -9.09. The molecule has 0 amide bonds. The summed E-state index contributed by atoms with van der Waals surface area (Å²) in [6, 6.07) is 96.5. The van der Waals surface area contributed by atoms with E-state index in [9.17, 15) is 0 Å². The summed E-state index contributed by atoms with van der Waals surface area (Å²) in [7, 11) is 0. The molecule has 3 nitrogen and oxygen atoms in total. The lowest BCUT2D eigenvalue weighted by Crippen LogP contribution is -2.11. The van der Waals surface area contributed by atoms with Crippen LogP contribution in [0.3, 0.4) is 0 Å². The highest BCUT2D eigenvalue weighted by Gasteiger charge is 2.24. The molecule has 2 aliphatic rings. The molecule has 0 saturated carbocycles. The standard InChI is InChI=1S/C68H44N2OS/c1-3-11-45(12-4-1)47-23-31-53(32-24-47)69(57-39-41-59-61-19-7-15-51-17-9-21-63(67(51)61)71-64(59)43-57)54-35-27-49(28-36-54)50-29-37-56(38-30-50)70(55-33-25-48(26-34-55)46-13-5-2-6-14-46)58-40-42-60-62-20-8-16-52-18-10-22-65(68(52)62)72-66(60)44-58/h1-44H. The van der Waals surface area contributed by atoms with E-state index in [4.69, 9.17) is 4.74 Å². The SMILES string of the molecule is c1ccc(-c2ccc(N(c3ccc(-c4ccc(N(c5ccc(-c6ccccc6)cc5)c5ccc6c(c5)Sc5cccc7cccc-6c57)cc4)cc3)c3ccc4c(c3)Oc3cccc5cccc-4c35)cc2)cc1. The molecule has 0 spiro atoms. The molecule has 338 valence electrons. The molecular weight excluding hydrogens is 893 g/mol. The van der Waals surface area contributed by atoms with E-state index in [1.807, 2.05) is 11.8 Å². The summed E-state index contributed by atoms with van der Waals surface area (Å²) >= 11 is 1.86. The molecule has 12 aromatic rings. The Morgan fingerprint density at radius 1 is 0.250 bits per heavy atom. The molecule has 0 bridgehead atoms. The maximum Gasteiger partial charge on any atom is 0.137 e. The van der Waals surface area contributed by atoms with Crippen LogP contribution in [0.5, 0.6) is 11.5 Å². The lowest BCUT2D eigenvalue weighted by molar-refractivity contribution is 0.487. The van der Waals surface area contributed by atoms with Gasteiger partial charge < -0.3 is 14.5 Å². The summed E-state index contributed by atoms with van der Waals surface area (Å²) in [5.74, 6) is 1.73. The van der Waals surface area contributed by atoms with Gasteiger partial charge in [-0.3, -0.25) is 0 Å². The van der Waals surface area contributed by atoms with Crippen LogP contribution in [0.25, 0.3) is 77.2 Å². The van der Waals surface area contributed by atoms with E-state index in [1.54, 1.807) is 0 Å². The number of nitrogens with zero attached hydrogens (tertiary/aromatic N) is 2. The Balaban J connectivity index is 0.814. The minimum absolute atomic E-state index is 0.847.